The molecule has 31 heavy (non-hydrogen) atoms. The van der Waals surface area contributed by atoms with E-state index >= 15 is 0 Å². The Bertz CT molecular complexity index is 735. The van der Waals surface area contributed by atoms with Crippen LogP contribution >= 0.6 is 11.6 Å². The van der Waals surface area contributed by atoms with Crippen LogP contribution in [0.1, 0.15) is 71.2 Å². The molecule has 4 N–H and O–H groups in total. The van der Waals surface area contributed by atoms with Gasteiger partial charge in [0.25, 0.3) is 0 Å². The minimum Gasteiger partial charge on any atom is -0.404 e. The molecule has 1 atom stereocenters. The molecule has 0 aliphatic carbocycles. The van der Waals surface area contributed by atoms with Crippen molar-refractivity contribution in [1.29, 1.82) is 0 Å². The van der Waals surface area contributed by atoms with Gasteiger partial charge in [0.1, 0.15) is 5.75 Å². The summed E-state index contributed by atoms with van der Waals surface area (Å²) in [5, 5.41) is -0.250. The first kappa shape index (κ1) is 31.0. The van der Waals surface area contributed by atoms with Gasteiger partial charge in [-0.2, -0.15) is 0 Å². The SMILES string of the molecule is C.CC(=O)c1ccc(OC(F)(F)F)c(Cl)c1.CCC(CCC(C)C)C/C(N)=C/C(N)=O. The molecule has 1 unspecified atom stereocenters. The second-order valence-corrected chi connectivity index (χ2v) is 7.73. The minimum atomic E-state index is -4.79. The lowest BCUT2D eigenvalue weighted by atomic mass is 9.92. The van der Waals surface area contributed by atoms with Crippen LogP contribution in [0, 0.1) is 11.8 Å². The third-order valence-corrected chi connectivity index (χ3v) is 4.44. The van der Waals surface area contributed by atoms with Crippen LogP contribution in [0.2, 0.25) is 5.02 Å². The molecule has 0 fully saturated rings. The number of alkyl halides is 3. The molecule has 0 bridgehead atoms. The Balaban J connectivity index is 0. The standard InChI is InChI=1S/C12H24N2O.C9H6ClF3O2.CH4/c1-4-10(6-5-9(2)3)7-11(13)8-12(14)15;1-5(14)6-2-3-8(7(10)4-6)15-9(11,12)13;/h8-10H,4-7,13H2,1-3H3,(H2,14,15);2-4H,1H3;1H4/b11-8-;;. The van der Waals surface area contributed by atoms with Crippen LogP contribution in [-0.4, -0.2) is 18.1 Å². The van der Waals surface area contributed by atoms with Crippen LogP contribution in [0.25, 0.3) is 0 Å². The molecule has 0 aliphatic heterocycles. The van der Waals surface area contributed by atoms with E-state index in [9.17, 15) is 22.8 Å². The lowest BCUT2D eigenvalue weighted by Gasteiger charge is -2.15. The Morgan fingerprint density at radius 1 is 1.19 bits per heavy atom. The number of Topliss-reactive ketones (excluding diaryl/α,β-unsaturated/α-hetero) is 1. The summed E-state index contributed by atoms with van der Waals surface area (Å²) in [7, 11) is 0. The van der Waals surface area contributed by atoms with Gasteiger partial charge in [-0.3, -0.25) is 9.59 Å². The topological polar surface area (TPSA) is 95.4 Å². The number of ether oxygens (including phenoxy) is 1. The number of hydrogen-bond acceptors (Lipinski definition) is 4. The quantitative estimate of drug-likeness (QED) is 0.332. The molecule has 178 valence electrons. The van der Waals surface area contributed by atoms with Crippen molar-refractivity contribution in [2.75, 3.05) is 0 Å². The van der Waals surface area contributed by atoms with Gasteiger partial charge in [-0.25, -0.2) is 0 Å². The van der Waals surface area contributed by atoms with E-state index in [0.29, 0.717) is 11.6 Å². The Labute approximate surface area is 188 Å². The van der Waals surface area contributed by atoms with E-state index in [0.717, 1.165) is 30.9 Å². The average molecular weight is 467 g/mol. The highest BCUT2D eigenvalue weighted by Gasteiger charge is 2.32. The number of primary amides is 1. The van der Waals surface area contributed by atoms with Gasteiger partial charge in [0.2, 0.25) is 5.91 Å². The van der Waals surface area contributed by atoms with E-state index in [1.807, 2.05) is 0 Å². The molecule has 1 rings (SSSR count). The summed E-state index contributed by atoms with van der Waals surface area (Å²) < 4.78 is 39.1. The van der Waals surface area contributed by atoms with Crippen molar-refractivity contribution in [2.24, 2.45) is 23.3 Å². The number of allylic oxidation sites excluding steroid dienone is 1. The fraction of sp³-hybridized carbons (Fsp3) is 0.545. The average Bonchev–Trinajstić information content (AvgIpc) is 2.58. The zero-order chi connectivity index (χ0) is 23.5. The minimum absolute atomic E-state index is 0. The Morgan fingerprint density at radius 2 is 1.77 bits per heavy atom. The largest absolute Gasteiger partial charge is 0.573 e. The second-order valence-electron chi connectivity index (χ2n) is 7.32. The molecule has 9 heteroatoms. The number of hydrogen-bond donors (Lipinski definition) is 2. The van der Waals surface area contributed by atoms with Crippen molar-refractivity contribution in [3.63, 3.8) is 0 Å². The van der Waals surface area contributed by atoms with E-state index in [1.165, 1.54) is 31.9 Å². The Hall–Kier alpha value is -2.22. The molecule has 0 radical (unpaired) electrons. The molecule has 0 spiro atoms. The highest BCUT2D eigenvalue weighted by Crippen LogP contribution is 2.30. The molecule has 0 saturated heterocycles. The molecule has 0 aromatic heterocycles. The van der Waals surface area contributed by atoms with Crippen molar-refractivity contribution >= 4 is 23.3 Å². The van der Waals surface area contributed by atoms with Gasteiger partial charge in [0, 0.05) is 17.3 Å². The predicted octanol–water partition coefficient (Wildman–Crippen LogP) is 6.24. The molecule has 0 aliphatic rings. The maximum absolute atomic E-state index is 11.8. The molecule has 0 heterocycles. The van der Waals surface area contributed by atoms with E-state index in [1.54, 1.807) is 0 Å². The van der Waals surface area contributed by atoms with Gasteiger partial charge in [0.05, 0.1) is 5.02 Å². The number of carbonyl (C=O) groups is 2. The Kier molecular flexibility index (Phi) is 14.7. The maximum Gasteiger partial charge on any atom is 0.573 e. The highest BCUT2D eigenvalue weighted by atomic mass is 35.5. The van der Waals surface area contributed by atoms with Crippen molar-refractivity contribution in [1.82, 2.24) is 0 Å². The molecular formula is C22H34ClF3N2O3. The number of carbonyl (C=O) groups excluding carboxylic acids is 2. The van der Waals surface area contributed by atoms with Gasteiger partial charge in [-0.05, 0) is 49.8 Å². The number of halogens is 4. The summed E-state index contributed by atoms with van der Waals surface area (Å²) >= 11 is 5.50. The zero-order valence-corrected chi connectivity index (χ0v) is 18.4. The summed E-state index contributed by atoms with van der Waals surface area (Å²) in [5.41, 5.74) is 11.6. The number of amides is 1. The van der Waals surface area contributed by atoms with Crippen LogP contribution in [0.15, 0.2) is 30.0 Å². The summed E-state index contributed by atoms with van der Waals surface area (Å²) in [6.45, 7) is 7.88. The van der Waals surface area contributed by atoms with E-state index in [-0.39, 0.29) is 23.8 Å². The van der Waals surface area contributed by atoms with Crippen LogP contribution in [0.5, 0.6) is 5.75 Å². The zero-order valence-electron chi connectivity index (χ0n) is 17.7. The highest BCUT2D eigenvalue weighted by molar-refractivity contribution is 6.32. The van der Waals surface area contributed by atoms with Crippen LogP contribution in [0.4, 0.5) is 13.2 Å². The number of nitrogens with two attached hydrogens (primary N) is 2. The Morgan fingerprint density at radius 3 is 2.16 bits per heavy atom. The van der Waals surface area contributed by atoms with Gasteiger partial charge < -0.3 is 16.2 Å². The van der Waals surface area contributed by atoms with Crippen molar-refractivity contribution in [3.05, 3.63) is 40.6 Å². The monoisotopic (exact) mass is 466 g/mol. The van der Waals surface area contributed by atoms with Crippen molar-refractivity contribution in [2.45, 2.75) is 67.2 Å². The lowest BCUT2D eigenvalue weighted by molar-refractivity contribution is -0.274. The van der Waals surface area contributed by atoms with E-state index in [4.69, 9.17) is 23.1 Å². The van der Waals surface area contributed by atoms with Crippen LogP contribution in [-0.2, 0) is 4.79 Å². The molecular weight excluding hydrogens is 433 g/mol. The van der Waals surface area contributed by atoms with Crippen LogP contribution in [0.3, 0.4) is 0 Å². The predicted molar refractivity (Wildman–Crippen MR) is 119 cm³/mol. The molecule has 0 saturated carbocycles. The van der Waals surface area contributed by atoms with Gasteiger partial charge in [0.15, 0.2) is 5.78 Å². The number of rotatable bonds is 9. The first-order valence-corrected chi connectivity index (χ1v) is 9.94. The fourth-order valence-corrected chi connectivity index (χ4v) is 2.74. The summed E-state index contributed by atoms with van der Waals surface area (Å²) in [6, 6.07) is 3.35. The van der Waals surface area contributed by atoms with Gasteiger partial charge in [-0.15, -0.1) is 13.2 Å². The smallest absolute Gasteiger partial charge is 0.404 e. The first-order valence-electron chi connectivity index (χ1n) is 9.56. The second kappa shape index (κ2) is 14.7. The maximum atomic E-state index is 11.8. The normalized spacial score (nSPS) is 12.4. The summed E-state index contributed by atoms with van der Waals surface area (Å²) in [5.74, 6) is 0.0410. The third-order valence-electron chi connectivity index (χ3n) is 4.15. The van der Waals surface area contributed by atoms with Gasteiger partial charge >= 0.3 is 6.36 Å². The fourth-order valence-electron chi connectivity index (χ4n) is 2.52. The summed E-state index contributed by atoms with van der Waals surface area (Å²) in [4.78, 5) is 21.5. The molecule has 1 aromatic rings. The molecule has 1 aromatic carbocycles. The van der Waals surface area contributed by atoms with Crippen molar-refractivity contribution < 1.29 is 27.5 Å². The number of ketones is 1. The summed E-state index contributed by atoms with van der Waals surface area (Å²) in [6.07, 6.45) is 0.801. The van der Waals surface area contributed by atoms with E-state index < -0.39 is 18.0 Å². The third kappa shape index (κ3) is 15.3. The van der Waals surface area contributed by atoms with E-state index in [2.05, 4.69) is 25.5 Å². The number of benzene rings is 1. The molecule has 5 nitrogen and oxygen atoms in total. The van der Waals surface area contributed by atoms with Crippen molar-refractivity contribution in [3.8, 4) is 5.75 Å². The lowest BCUT2D eigenvalue weighted by Crippen LogP contribution is -2.17. The molecule has 1 amide bonds. The van der Waals surface area contributed by atoms with Crippen LogP contribution < -0.4 is 16.2 Å². The van der Waals surface area contributed by atoms with Gasteiger partial charge in [-0.1, -0.05) is 52.6 Å². The first-order chi connectivity index (χ1) is 13.7.